The zero-order valence-electron chi connectivity index (χ0n) is 15.5. The third-order valence-electron chi connectivity index (χ3n) is 4.89. The number of amides is 1. The van der Waals surface area contributed by atoms with Crippen molar-refractivity contribution in [3.63, 3.8) is 0 Å². The van der Waals surface area contributed by atoms with Crippen LogP contribution in [-0.2, 0) is 17.9 Å². The number of carbonyl (C=O) groups is 1. The van der Waals surface area contributed by atoms with E-state index in [9.17, 15) is 4.79 Å². The number of piperidine rings is 1. The van der Waals surface area contributed by atoms with Crippen LogP contribution < -0.4 is 0 Å². The molecule has 1 saturated heterocycles. The van der Waals surface area contributed by atoms with E-state index in [1.54, 1.807) is 0 Å². The minimum absolute atomic E-state index is 0.207. The molecular formula is C18H28N6O. The number of likely N-dealkylation sites (tertiary alicyclic amines) is 1. The highest BCUT2D eigenvalue weighted by atomic mass is 16.2. The molecule has 2 aromatic rings. The summed E-state index contributed by atoms with van der Waals surface area (Å²) in [5.41, 5.74) is 2.10. The molecule has 3 heterocycles. The van der Waals surface area contributed by atoms with Crippen molar-refractivity contribution in [2.45, 2.75) is 65.5 Å². The van der Waals surface area contributed by atoms with Gasteiger partial charge in [-0.2, -0.15) is 5.10 Å². The van der Waals surface area contributed by atoms with Crippen LogP contribution in [0.5, 0.6) is 0 Å². The Balaban J connectivity index is 1.59. The summed E-state index contributed by atoms with van der Waals surface area (Å²) in [7, 11) is 0. The Hall–Kier alpha value is -2.18. The van der Waals surface area contributed by atoms with E-state index in [4.69, 9.17) is 0 Å². The van der Waals surface area contributed by atoms with Gasteiger partial charge < -0.3 is 9.47 Å². The lowest BCUT2D eigenvalue weighted by Crippen LogP contribution is -2.40. The van der Waals surface area contributed by atoms with Crippen molar-refractivity contribution < 1.29 is 4.79 Å². The van der Waals surface area contributed by atoms with Crippen LogP contribution >= 0.6 is 0 Å². The number of hydrogen-bond donors (Lipinski definition) is 0. The first-order valence-corrected chi connectivity index (χ1v) is 9.25. The standard InChI is InChI=1S/C18H28N6O/c1-4-8-23-13-19-20-18(23)16-6-5-9-22(12-16)17(25)7-10-24-15(3)11-14(2)21-24/h11,13,16H,4-10,12H2,1-3H3. The van der Waals surface area contributed by atoms with Gasteiger partial charge in [0.15, 0.2) is 0 Å². The van der Waals surface area contributed by atoms with E-state index in [0.717, 1.165) is 56.1 Å². The lowest BCUT2D eigenvalue weighted by molar-refractivity contribution is -0.132. The molecule has 0 radical (unpaired) electrons. The van der Waals surface area contributed by atoms with E-state index in [1.807, 2.05) is 35.8 Å². The Morgan fingerprint density at radius 1 is 1.32 bits per heavy atom. The van der Waals surface area contributed by atoms with Gasteiger partial charge in [0.1, 0.15) is 12.2 Å². The number of hydrogen-bond acceptors (Lipinski definition) is 4. The van der Waals surface area contributed by atoms with Gasteiger partial charge in [-0.3, -0.25) is 9.48 Å². The Morgan fingerprint density at radius 2 is 2.16 bits per heavy atom. The van der Waals surface area contributed by atoms with Gasteiger partial charge in [0.25, 0.3) is 0 Å². The van der Waals surface area contributed by atoms with Crippen LogP contribution in [-0.4, -0.2) is 48.4 Å². The molecule has 1 atom stereocenters. The Labute approximate surface area is 149 Å². The van der Waals surface area contributed by atoms with Crippen molar-refractivity contribution in [3.05, 3.63) is 29.6 Å². The number of aryl methyl sites for hydroxylation is 4. The van der Waals surface area contributed by atoms with Gasteiger partial charge in [-0.05, 0) is 39.2 Å². The monoisotopic (exact) mass is 344 g/mol. The molecule has 7 nitrogen and oxygen atoms in total. The molecule has 1 aliphatic heterocycles. The molecule has 25 heavy (non-hydrogen) atoms. The van der Waals surface area contributed by atoms with E-state index in [2.05, 4.69) is 26.8 Å². The summed E-state index contributed by atoms with van der Waals surface area (Å²) in [4.78, 5) is 14.6. The van der Waals surface area contributed by atoms with Crippen molar-refractivity contribution in [2.24, 2.45) is 0 Å². The minimum atomic E-state index is 0.207. The third kappa shape index (κ3) is 4.08. The summed E-state index contributed by atoms with van der Waals surface area (Å²) < 4.78 is 4.06. The van der Waals surface area contributed by atoms with E-state index in [0.29, 0.717) is 18.9 Å². The van der Waals surface area contributed by atoms with Gasteiger partial charge in [-0.1, -0.05) is 6.92 Å². The number of carbonyl (C=O) groups excluding carboxylic acids is 1. The second-order valence-electron chi connectivity index (χ2n) is 6.96. The fraction of sp³-hybridized carbons (Fsp3) is 0.667. The molecule has 0 spiro atoms. The first kappa shape index (κ1) is 17.6. The molecule has 0 aliphatic carbocycles. The Bertz CT molecular complexity index is 719. The predicted octanol–water partition coefficient (Wildman–Crippen LogP) is 2.30. The van der Waals surface area contributed by atoms with Gasteiger partial charge in [0.05, 0.1) is 5.69 Å². The maximum Gasteiger partial charge on any atom is 0.224 e. The molecule has 136 valence electrons. The zero-order chi connectivity index (χ0) is 17.8. The SMILES string of the molecule is CCCn1cnnc1C1CCCN(C(=O)CCn2nc(C)cc2C)C1. The van der Waals surface area contributed by atoms with Crippen molar-refractivity contribution in [1.82, 2.24) is 29.4 Å². The van der Waals surface area contributed by atoms with E-state index in [1.165, 1.54) is 0 Å². The van der Waals surface area contributed by atoms with Crippen molar-refractivity contribution in [1.29, 1.82) is 0 Å². The summed E-state index contributed by atoms with van der Waals surface area (Å²) >= 11 is 0. The quantitative estimate of drug-likeness (QED) is 0.806. The molecule has 1 fully saturated rings. The molecule has 0 bridgehead atoms. The lowest BCUT2D eigenvalue weighted by atomic mass is 9.96. The van der Waals surface area contributed by atoms with Crippen LogP contribution in [0.1, 0.15) is 55.7 Å². The predicted molar refractivity (Wildman–Crippen MR) is 95.2 cm³/mol. The average Bonchev–Trinajstić information content (AvgIpc) is 3.19. The molecular weight excluding hydrogens is 316 g/mol. The molecule has 1 aliphatic rings. The number of rotatable bonds is 6. The highest BCUT2D eigenvalue weighted by Gasteiger charge is 2.27. The van der Waals surface area contributed by atoms with Gasteiger partial charge >= 0.3 is 0 Å². The zero-order valence-corrected chi connectivity index (χ0v) is 15.5. The van der Waals surface area contributed by atoms with E-state index >= 15 is 0 Å². The number of aromatic nitrogens is 5. The second kappa shape index (κ2) is 7.80. The van der Waals surface area contributed by atoms with Crippen LogP contribution in [0.4, 0.5) is 0 Å². The van der Waals surface area contributed by atoms with Crippen LogP contribution in [0.3, 0.4) is 0 Å². The van der Waals surface area contributed by atoms with Crippen molar-refractivity contribution in [3.8, 4) is 0 Å². The summed E-state index contributed by atoms with van der Waals surface area (Å²) in [5, 5.41) is 12.8. The maximum absolute atomic E-state index is 12.7. The smallest absolute Gasteiger partial charge is 0.224 e. The Kier molecular flexibility index (Phi) is 5.50. The van der Waals surface area contributed by atoms with Crippen LogP contribution in [0.2, 0.25) is 0 Å². The van der Waals surface area contributed by atoms with E-state index in [-0.39, 0.29) is 5.91 Å². The van der Waals surface area contributed by atoms with Gasteiger partial charge in [0, 0.05) is 44.2 Å². The minimum Gasteiger partial charge on any atom is -0.342 e. The molecule has 1 unspecified atom stereocenters. The van der Waals surface area contributed by atoms with Crippen molar-refractivity contribution in [2.75, 3.05) is 13.1 Å². The fourth-order valence-corrected chi connectivity index (χ4v) is 3.67. The first-order chi connectivity index (χ1) is 12.1. The summed E-state index contributed by atoms with van der Waals surface area (Å²) in [6, 6.07) is 2.04. The summed E-state index contributed by atoms with van der Waals surface area (Å²) in [6.07, 6.45) is 5.46. The molecule has 2 aromatic heterocycles. The van der Waals surface area contributed by atoms with Gasteiger partial charge in [-0.15, -0.1) is 10.2 Å². The van der Waals surface area contributed by atoms with E-state index < -0.39 is 0 Å². The molecule has 0 saturated carbocycles. The molecule has 3 rings (SSSR count). The highest BCUT2D eigenvalue weighted by molar-refractivity contribution is 5.76. The molecule has 0 N–H and O–H groups in total. The average molecular weight is 344 g/mol. The lowest BCUT2D eigenvalue weighted by Gasteiger charge is -2.32. The molecule has 1 amide bonds. The van der Waals surface area contributed by atoms with Gasteiger partial charge in [-0.25, -0.2) is 0 Å². The summed E-state index contributed by atoms with van der Waals surface area (Å²) in [5.74, 6) is 1.53. The fourth-order valence-electron chi connectivity index (χ4n) is 3.67. The van der Waals surface area contributed by atoms with Crippen LogP contribution in [0.25, 0.3) is 0 Å². The third-order valence-corrected chi connectivity index (χ3v) is 4.89. The Morgan fingerprint density at radius 3 is 2.88 bits per heavy atom. The number of nitrogens with zero attached hydrogens (tertiary/aromatic N) is 6. The molecule has 0 aromatic carbocycles. The normalized spacial score (nSPS) is 17.9. The second-order valence-corrected chi connectivity index (χ2v) is 6.96. The van der Waals surface area contributed by atoms with Crippen LogP contribution in [0.15, 0.2) is 12.4 Å². The van der Waals surface area contributed by atoms with Gasteiger partial charge in [0.2, 0.25) is 5.91 Å². The van der Waals surface area contributed by atoms with Crippen LogP contribution in [0, 0.1) is 13.8 Å². The highest BCUT2D eigenvalue weighted by Crippen LogP contribution is 2.26. The first-order valence-electron chi connectivity index (χ1n) is 9.25. The largest absolute Gasteiger partial charge is 0.342 e. The van der Waals surface area contributed by atoms with Crippen molar-refractivity contribution >= 4 is 5.91 Å². The molecule has 7 heteroatoms. The summed E-state index contributed by atoms with van der Waals surface area (Å²) in [6.45, 7) is 9.33. The maximum atomic E-state index is 12.7. The topological polar surface area (TPSA) is 68.8 Å².